The molecule has 2 aromatic rings. The Balaban J connectivity index is 2.15. The van der Waals surface area contributed by atoms with Gasteiger partial charge in [0, 0.05) is 28.5 Å². The Morgan fingerprint density at radius 3 is 2.45 bits per heavy atom. The summed E-state index contributed by atoms with van der Waals surface area (Å²) in [7, 11) is 0. The first-order valence-corrected chi connectivity index (χ1v) is 8.78. The average molecular weight is 310 g/mol. The van der Waals surface area contributed by atoms with E-state index in [0.29, 0.717) is 12.0 Å². The molecule has 0 saturated carbocycles. The van der Waals surface area contributed by atoms with Gasteiger partial charge in [0.1, 0.15) is 0 Å². The minimum atomic E-state index is 0.474. The third kappa shape index (κ3) is 4.11. The van der Waals surface area contributed by atoms with E-state index < -0.39 is 0 Å². The van der Waals surface area contributed by atoms with E-state index in [4.69, 9.17) is 4.98 Å². The summed E-state index contributed by atoms with van der Waals surface area (Å²) in [5.41, 5.74) is 2.35. The minimum absolute atomic E-state index is 0.474. The molecule has 110 valence electrons. The van der Waals surface area contributed by atoms with Gasteiger partial charge >= 0.3 is 0 Å². The zero-order valence-corrected chi connectivity index (χ0v) is 14.5. The molecule has 2 heterocycles. The van der Waals surface area contributed by atoms with Crippen LogP contribution < -0.4 is 5.32 Å². The predicted octanol–water partition coefficient (Wildman–Crippen LogP) is 4.12. The Morgan fingerprint density at radius 1 is 1.15 bits per heavy atom. The molecule has 5 heteroatoms. The van der Waals surface area contributed by atoms with Gasteiger partial charge in [-0.1, -0.05) is 27.7 Å². The fraction of sp³-hybridized carbons (Fsp3) is 0.600. The molecule has 0 atom stereocenters. The molecule has 0 aliphatic rings. The summed E-state index contributed by atoms with van der Waals surface area (Å²) >= 11 is 3.55. The lowest BCUT2D eigenvalue weighted by molar-refractivity contribution is 0.588. The molecule has 0 aromatic carbocycles. The fourth-order valence-electron chi connectivity index (χ4n) is 1.98. The topological polar surface area (TPSA) is 37.8 Å². The van der Waals surface area contributed by atoms with E-state index in [1.807, 2.05) is 18.3 Å². The van der Waals surface area contributed by atoms with Crippen molar-refractivity contribution in [2.45, 2.75) is 59.5 Å². The molecule has 3 nitrogen and oxygen atoms in total. The van der Waals surface area contributed by atoms with Crippen LogP contribution in [0.1, 0.15) is 59.9 Å². The Morgan fingerprint density at radius 2 is 1.90 bits per heavy atom. The van der Waals surface area contributed by atoms with E-state index in [-0.39, 0.29) is 0 Å². The number of aryl methyl sites for hydroxylation is 1. The van der Waals surface area contributed by atoms with Gasteiger partial charge in [-0.05, 0) is 12.8 Å². The number of hydrogen-bond acceptors (Lipinski definition) is 5. The molecule has 0 spiro atoms. The number of nitrogens with one attached hydrogen (secondary N) is 1. The Bertz CT molecular complexity index is 555. The van der Waals surface area contributed by atoms with E-state index in [2.05, 4.69) is 43.4 Å². The second-order valence-corrected chi connectivity index (χ2v) is 7.78. The van der Waals surface area contributed by atoms with Crippen molar-refractivity contribution in [3.05, 3.63) is 31.7 Å². The quantitative estimate of drug-likeness (QED) is 0.872. The Hall–Kier alpha value is -0.780. The van der Waals surface area contributed by atoms with Gasteiger partial charge in [0.2, 0.25) is 0 Å². The van der Waals surface area contributed by atoms with Crippen molar-refractivity contribution < 1.29 is 0 Å². The highest BCUT2D eigenvalue weighted by atomic mass is 32.1. The van der Waals surface area contributed by atoms with Crippen LogP contribution in [0, 0.1) is 6.92 Å². The van der Waals surface area contributed by atoms with Crippen LogP contribution in [0.5, 0.6) is 0 Å². The van der Waals surface area contributed by atoms with E-state index in [9.17, 15) is 0 Å². The molecule has 2 aromatic heterocycles. The molecule has 0 fully saturated rings. The average Bonchev–Trinajstić information content (AvgIpc) is 2.94. The van der Waals surface area contributed by atoms with Crippen molar-refractivity contribution in [1.29, 1.82) is 0 Å². The second-order valence-electron chi connectivity index (χ2n) is 5.67. The fourth-order valence-corrected chi connectivity index (χ4v) is 4.02. The van der Waals surface area contributed by atoms with Gasteiger partial charge in [0.15, 0.2) is 0 Å². The molecule has 20 heavy (non-hydrogen) atoms. The number of hydrogen-bond donors (Lipinski definition) is 1. The Kier molecular flexibility index (Phi) is 5.29. The SMILES string of the molecule is Cc1csc(Cc2nc(C(C)C)c(CNC(C)C)s2)n1. The van der Waals surface area contributed by atoms with Gasteiger partial charge in [0.25, 0.3) is 0 Å². The first-order chi connectivity index (χ1) is 9.45. The van der Waals surface area contributed by atoms with Crippen LogP contribution in [0.2, 0.25) is 0 Å². The van der Waals surface area contributed by atoms with Gasteiger partial charge in [-0.15, -0.1) is 22.7 Å². The van der Waals surface area contributed by atoms with E-state index in [1.54, 1.807) is 11.3 Å². The minimum Gasteiger partial charge on any atom is -0.310 e. The highest BCUT2D eigenvalue weighted by molar-refractivity contribution is 7.12. The lowest BCUT2D eigenvalue weighted by atomic mass is 10.1. The van der Waals surface area contributed by atoms with Crippen molar-refractivity contribution in [3.8, 4) is 0 Å². The molecule has 1 N–H and O–H groups in total. The maximum absolute atomic E-state index is 4.84. The summed E-state index contributed by atoms with van der Waals surface area (Å²) in [4.78, 5) is 10.7. The summed E-state index contributed by atoms with van der Waals surface area (Å²) in [6.07, 6.45) is 0.866. The third-order valence-corrected chi connectivity index (χ3v) is 5.00. The van der Waals surface area contributed by atoms with Crippen molar-refractivity contribution >= 4 is 22.7 Å². The van der Waals surface area contributed by atoms with Crippen molar-refractivity contribution in [2.75, 3.05) is 0 Å². The summed E-state index contributed by atoms with van der Waals surface area (Å²) in [6, 6.07) is 0.502. The number of aromatic nitrogens is 2. The second kappa shape index (κ2) is 6.78. The molecule has 0 aliphatic carbocycles. The van der Waals surface area contributed by atoms with Gasteiger partial charge in [-0.25, -0.2) is 9.97 Å². The summed E-state index contributed by atoms with van der Waals surface area (Å²) < 4.78 is 0. The molecule has 0 bridgehead atoms. The predicted molar refractivity (Wildman–Crippen MR) is 87.8 cm³/mol. The zero-order chi connectivity index (χ0) is 14.7. The molecular weight excluding hydrogens is 286 g/mol. The zero-order valence-electron chi connectivity index (χ0n) is 12.9. The van der Waals surface area contributed by atoms with Gasteiger partial charge < -0.3 is 5.32 Å². The van der Waals surface area contributed by atoms with Crippen LogP contribution >= 0.6 is 22.7 Å². The summed E-state index contributed by atoms with van der Waals surface area (Å²) in [6.45, 7) is 11.7. The maximum Gasteiger partial charge on any atom is 0.0999 e. The maximum atomic E-state index is 4.84. The molecule has 0 unspecified atom stereocenters. The summed E-state index contributed by atoms with van der Waals surface area (Å²) in [5.74, 6) is 0.474. The van der Waals surface area contributed by atoms with E-state index in [0.717, 1.165) is 23.7 Å². The van der Waals surface area contributed by atoms with Crippen LogP contribution in [0.4, 0.5) is 0 Å². The smallest absolute Gasteiger partial charge is 0.0999 e. The first kappa shape index (κ1) is 15.6. The number of thiazole rings is 2. The standard InChI is InChI=1S/C15H23N3S2/c1-9(2)15-12(7-16-10(3)4)20-14(18-15)6-13-17-11(5)8-19-13/h8-10,16H,6-7H2,1-5H3. The van der Waals surface area contributed by atoms with E-state index >= 15 is 0 Å². The van der Waals surface area contributed by atoms with Crippen LogP contribution in [0.25, 0.3) is 0 Å². The molecular formula is C15H23N3S2. The molecule has 0 aliphatic heterocycles. The lowest BCUT2D eigenvalue weighted by Crippen LogP contribution is -2.22. The highest BCUT2D eigenvalue weighted by Gasteiger charge is 2.15. The van der Waals surface area contributed by atoms with Gasteiger partial charge in [0.05, 0.1) is 22.1 Å². The Labute approximate surface area is 129 Å². The van der Waals surface area contributed by atoms with Crippen molar-refractivity contribution in [1.82, 2.24) is 15.3 Å². The van der Waals surface area contributed by atoms with Crippen LogP contribution in [-0.2, 0) is 13.0 Å². The molecule has 0 saturated heterocycles. The molecule has 0 radical (unpaired) electrons. The number of nitrogens with zero attached hydrogens (tertiary/aromatic N) is 2. The number of rotatable bonds is 6. The van der Waals surface area contributed by atoms with Crippen molar-refractivity contribution in [3.63, 3.8) is 0 Å². The van der Waals surface area contributed by atoms with Crippen LogP contribution in [-0.4, -0.2) is 16.0 Å². The first-order valence-electron chi connectivity index (χ1n) is 7.08. The van der Waals surface area contributed by atoms with Crippen LogP contribution in [0.3, 0.4) is 0 Å². The highest BCUT2D eigenvalue weighted by Crippen LogP contribution is 2.27. The lowest BCUT2D eigenvalue weighted by Gasteiger charge is -2.09. The largest absolute Gasteiger partial charge is 0.310 e. The molecule has 0 amide bonds. The molecule has 2 rings (SSSR count). The van der Waals surface area contributed by atoms with Crippen molar-refractivity contribution in [2.24, 2.45) is 0 Å². The summed E-state index contributed by atoms with van der Waals surface area (Å²) in [5, 5.41) is 7.95. The third-order valence-electron chi connectivity index (χ3n) is 2.96. The van der Waals surface area contributed by atoms with Gasteiger partial charge in [-0.3, -0.25) is 0 Å². The normalized spacial score (nSPS) is 11.8. The van der Waals surface area contributed by atoms with Crippen LogP contribution in [0.15, 0.2) is 5.38 Å². The monoisotopic (exact) mass is 309 g/mol. The van der Waals surface area contributed by atoms with E-state index in [1.165, 1.54) is 15.6 Å². The van der Waals surface area contributed by atoms with Gasteiger partial charge in [-0.2, -0.15) is 0 Å².